The lowest BCUT2D eigenvalue weighted by atomic mass is 9.77. The van der Waals surface area contributed by atoms with Gasteiger partial charge in [-0.2, -0.15) is 0 Å². The Labute approximate surface area is 197 Å². The number of aromatic nitrogens is 2. The molecule has 3 aromatic rings. The predicted molar refractivity (Wildman–Crippen MR) is 124 cm³/mol. The van der Waals surface area contributed by atoms with Gasteiger partial charge in [-0.15, -0.1) is 0 Å². The van der Waals surface area contributed by atoms with Gasteiger partial charge in [-0.1, -0.05) is 42.3 Å². The number of halogens is 2. The van der Waals surface area contributed by atoms with Crippen molar-refractivity contribution in [2.75, 3.05) is 26.8 Å². The first-order chi connectivity index (χ1) is 15.4. The van der Waals surface area contributed by atoms with Crippen molar-refractivity contribution < 1.29 is 14.3 Å². The first-order valence-corrected chi connectivity index (χ1v) is 10.9. The van der Waals surface area contributed by atoms with Gasteiger partial charge in [0.2, 0.25) is 11.8 Å². The summed E-state index contributed by atoms with van der Waals surface area (Å²) in [7, 11) is 1.54. The third-order valence-electron chi connectivity index (χ3n) is 5.80. The Morgan fingerprint density at radius 1 is 1.03 bits per heavy atom. The third kappa shape index (κ3) is 4.81. The van der Waals surface area contributed by atoms with Crippen LogP contribution in [-0.4, -0.2) is 47.6 Å². The summed E-state index contributed by atoms with van der Waals surface area (Å²) in [4.78, 5) is 23.5. The van der Waals surface area contributed by atoms with Gasteiger partial charge < -0.3 is 14.4 Å². The zero-order valence-corrected chi connectivity index (χ0v) is 19.3. The molecule has 1 aliphatic heterocycles. The number of hydrogen-bond donors (Lipinski definition) is 0. The summed E-state index contributed by atoms with van der Waals surface area (Å²) in [5.41, 5.74) is 1.28. The highest BCUT2D eigenvalue weighted by Crippen LogP contribution is 2.43. The molecule has 6 nitrogen and oxygen atoms in total. The molecule has 32 heavy (non-hydrogen) atoms. The number of likely N-dealkylation sites (tertiary alicyclic amines) is 1. The van der Waals surface area contributed by atoms with E-state index in [2.05, 4.69) is 16.9 Å². The molecule has 1 aromatic carbocycles. The molecule has 0 saturated carbocycles. The maximum absolute atomic E-state index is 13.2. The van der Waals surface area contributed by atoms with Gasteiger partial charge >= 0.3 is 0 Å². The molecule has 0 spiro atoms. The van der Waals surface area contributed by atoms with E-state index >= 15 is 0 Å². The van der Waals surface area contributed by atoms with Crippen molar-refractivity contribution in [2.45, 2.75) is 12.8 Å². The molecule has 0 radical (unpaired) electrons. The molecule has 3 heterocycles. The third-order valence-corrected chi connectivity index (χ3v) is 6.27. The van der Waals surface area contributed by atoms with Crippen molar-refractivity contribution in [3.8, 4) is 11.8 Å². The number of ether oxygens (including phenoxy) is 2. The Balaban J connectivity index is 1.58. The van der Waals surface area contributed by atoms with Crippen LogP contribution in [0.15, 0.2) is 60.9 Å². The number of amides is 1. The molecule has 2 atom stereocenters. The minimum Gasteiger partial charge on any atom is -0.481 e. The van der Waals surface area contributed by atoms with Crippen LogP contribution in [0.4, 0.5) is 0 Å². The summed E-state index contributed by atoms with van der Waals surface area (Å²) in [5, 5.41) is 1.22. The molecule has 1 aliphatic rings. The SMILES string of the molecule is COc1ccc(C(=O)N2C[C@H](c3ccc(Cl)cc3)[C@@](C)(COc3ccc(Cl)cn3)C2)cn1. The van der Waals surface area contributed by atoms with E-state index in [1.54, 1.807) is 43.8 Å². The van der Waals surface area contributed by atoms with Gasteiger partial charge in [-0.3, -0.25) is 4.79 Å². The Bertz CT molecular complexity index is 1080. The highest BCUT2D eigenvalue weighted by Gasteiger charge is 2.46. The predicted octanol–water partition coefficient (Wildman–Crippen LogP) is 5.12. The minimum atomic E-state index is -0.343. The molecular weight excluding hydrogens is 449 g/mol. The quantitative estimate of drug-likeness (QED) is 0.499. The summed E-state index contributed by atoms with van der Waals surface area (Å²) in [6.07, 6.45) is 3.10. The zero-order chi connectivity index (χ0) is 22.7. The maximum Gasteiger partial charge on any atom is 0.255 e. The average molecular weight is 472 g/mol. The van der Waals surface area contributed by atoms with E-state index in [4.69, 9.17) is 32.7 Å². The van der Waals surface area contributed by atoms with Crippen molar-refractivity contribution in [1.29, 1.82) is 0 Å². The summed E-state index contributed by atoms with van der Waals surface area (Å²) < 4.78 is 11.1. The smallest absolute Gasteiger partial charge is 0.255 e. The van der Waals surface area contributed by atoms with Crippen LogP contribution in [0.2, 0.25) is 10.0 Å². The number of carbonyl (C=O) groups is 1. The summed E-state index contributed by atoms with van der Waals surface area (Å²) in [6, 6.07) is 14.7. The van der Waals surface area contributed by atoms with E-state index < -0.39 is 0 Å². The van der Waals surface area contributed by atoms with Crippen LogP contribution in [0.1, 0.15) is 28.8 Å². The highest BCUT2D eigenvalue weighted by atomic mass is 35.5. The fraction of sp³-hybridized carbons (Fsp3) is 0.292. The van der Waals surface area contributed by atoms with Crippen LogP contribution in [0.5, 0.6) is 11.8 Å². The Kier molecular flexibility index (Phi) is 6.53. The van der Waals surface area contributed by atoms with Gasteiger partial charge in [0.1, 0.15) is 0 Å². The standard InChI is InChI=1S/C24H23Cl2N3O3/c1-24(15-32-22-10-8-19(26)12-28-22)14-29(13-20(24)16-3-6-18(25)7-4-16)23(30)17-5-9-21(31-2)27-11-17/h3-12,20H,13-15H2,1-2H3/t20-,24-/m1/s1. The van der Waals surface area contributed by atoms with Gasteiger partial charge in [0.15, 0.2) is 0 Å². The number of nitrogens with zero attached hydrogens (tertiary/aromatic N) is 3. The molecule has 0 aliphatic carbocycles. The Morgan fingerprint density at radius 3 is 2.34 bits per heavy atom. The molecule has 1 saturated heterocycles. The highest BCUT2D eigenvalue weighted by molar-refractivity contribution is 6.30. The van der Waals surface area contributed by atoms with E-state index in [0.29, 0.717) is 47.1 Å². The second-order valence-corrected chi connectivity index (χ2v) is 9.01. The lowest BCUT2D eigenvalue weighted by Crippen LogP contribution is -2.35. The Hall–Kier alpha value is -2.83. The van der Waals surface area contributed by atoms with E-state index in [9.17, 15) is 4.79 Å². The van der Waals surface area contributed by atoms with Gasteiger partial charge in [0.05, 0.1) is 24.3 Å². The largest absolute Gasteiger partial charge is 0.481 e. The van der Waals surface area contributed by atoms with Crippen molar-refractivity contribution in [1.82, 2.24) is 14.9 Å². The monoisotopic (exact) mass is 471 g/mol. The molecule has 2 aromatic heterocycles. The molecule has 8 heteroatoms. The number of rotatable bonds is 6. The Morgan fingerprint density at radius 2 is 1.72 bits per heavy atom. The summed E-state index contributed by atoms with van der Waals surface area (Å²) in [6.45, 7) is 3.60. The lowest BCUT2D eigenvalue weighted by molar-refractivity contribution is 0.0757. The van der Waals surface area contributed by atoms with Gasteiger partial charge in [0, 0.05) is 54.0 Å². The van der Waals surface area contributed by atoms with E-state index in [-0.39, 0.29) is 17.2 Å². The molecule has 0 bridgehead atoms. The van der Waals surface area contributed by atoms with Gasteiger partial charge in [0.25, 0.3) is 5.91 Å². The molecule has 166 valence electrons. The lowest BCUT2D eigenvalue weighted by Gasteiger charge is -2.30. The number of benzene rings is 1. The van der Waals surface area contributed by atoms with Crippen LogP contribution < -0.4 is 9.47 Å². The number of hydrogen-bond acceptors (Lipinski definition) is 5. The molecule has 1 fully saturated rings. The van der Waals surface area contributed by atoms with Gasteiger partial charge in [-0.05, 0) is 29.8 Å². The molecule has 4 rings (SSSR count). The molecular formula is C24H23Cl2N3O3. The number of pyridine rings is 2. The van der Waals surface area contributed by atoms with E-state index in [1.807, 2.05) is 29.2 Å². The van der Waals surface area contributed by atoms with Crippen LogP contribution in [0.25, 0.3) is 0 Å². The minimum absolute atomic E-state index is 0.0576. The number of methoxy groups -OCH3 is 1. The van der Waals surface area contributed by atoms with Crippen LogP contribution in [0, 0.1) is 5.41 Å². The van der Waals surface area contributed by atoms with Crippen LogP contribution >= 0.6 is 23.2 Å². The fourth-order valence-electron chi connectivity index (χ4n) is 4.05. The first-order valence-electron chi connectivity index (χ1n) is 10.2. The van der Waals surface area contributed by atoms with Crippen molar-refractivity contribution in [3.63, 3.8) is 0 Å². The van der Waals surface area contributed by atoms with E-state index in [1.165, 1.54) is 0 Å². The topological polar surface area (TPSA) is 64.5 Å². The fourth-order valence-corrected chi connectivity index (χ4v) is 4.29. The average Bonchev–Trinajstić information content (AvgIpc) is 3.16. The van der Waals surface area contributed by atoms with Crippen molar-refractivity contribution in [2.24, 2.45) is 5.41 Å². The first kappa shape index (κ1) is 22.4. The van der Waals surface area contributed by atoms with Crippen LogP contribution in [0.3, 0.4) is 0 Å². The summed E-state index contributed by atoms with van der Waals surface area (Å²) >= 11 is 12.0. The van der Waals surface area contributed by atoms with Gasteiger partial charge in [-0.25, -0.2) is 9.97 Å². The zero-order valence-electron chi connectivity index (χ0n) is 17.8. The molecule has 0 unspecified atom stereocenters. The second-order valence-electron chi connectivity index (χ2n) is 8.14. The van der Waals surface area contributed by atoms with Crippen molar-refractivity contribution in [3.05, 3.63) is 82.1 Å². The normalized spacial score (nSPS) is 20.2. The van der Waals surface area contributed by atoms with Crippen molar-refractivity contribution >= 4 is 29.1 Å². The second kappa shape index (κ2) is 9.35. The number of carbonyl (C=O) groups excluding carboxylic acids is 1. The molecule has 0 N–H and O–H groups in total. The summed E-state index contributed by atoms with van der Waals surface area (Å²) in [5.74, 6) is 0.944. The van der Waals surface area contributed by atoms with Crippen LogP contribution in [-0.2, 0) is 0 Å². The maximum atomic E-state index is 13.2. The van der Waals surface area contributed by atoms with E-state index in [0.717, 1.165) is 5.56 Å². The molecule has 1 amide bonds.